The monoisotopic (exact) mass is 399 g/mol. The lowest BCUT2D eigenvalue weighted by atomic mass is 10.2. The SMILES string of the molecule is CCc1nnc(CNCc2cc(C(=O)O)cc(CO)n2)n1Cc1ccc(F)cc1. The molecule has 0 aliphatic heterocycles. The molecule has 0 spiro atoms. The molecular formula is C20H22FN5O3. The van der Waals surface area contributed by atoms with Gasteiger partial charge in [0.05, 0.1) is 36.6 Å². The number of nitrogens with zero attached hydrogens (tertiary/aromatic N) is 4. The smallest absolute Gasteiger partial charge is 0.335 e. The fraction of sp³-hybridized carbons (Fsp3) is 0.300. The number of pyridine rings is 1. The fourth-order valence-electron chi connectivity index (χ4n) is 2.97. The first-order chi connectivity index (χ1) is 14.0. The molecule has 3 aromatic rings. The van der Waals surface area contributed by atoms with Crippen LogP contribution in [0.2, 0.25) is 0 Å². The van der Waals surface area contributed by atoms with Crippen molar-refractivity contribution >= 4 is 5.97 Å². The van der Waals surface area contributed by atoms with Gasteiger partial charge in [-0.3, -0.25) is 4.98 Å². The first-order valence-electron chi connectivity index (χ1n) is 9.20. The van der Waals surface area contributed by atoms with Crippen molar-refractivity contribution < 1.29 is 19.4 Å². The second kappa shape index (κ2) is 9.35. The maximum atomic E-state index is 13.2. The number of aliphatic hydroxyl groups excluding tert-OH is 1. The van der Waals surface area contributed by atoms with Gasteiger partial charge < -0.3 is 20.1 Å². The topological polar surface area (TPSA) is 113 Å². The van der Waals surface area contributed by atoms with Gasteiger partial charge in [-0.1, -0.05) is 19.1 Å². The van der Waals surface area contributed by atoms with Gasteiger partial charge >= 0.3 is 5.97 Å². The van der Waals surface area contributed by atoms with E-state index in [9.17, 15) is 19.4 Å². The second-order valence-corrected chi connectivity index (χ2v) is 6.50. The predicted molar refractivity (Wildman–Crippen MR) is 103 cm³/mol. The number of aryl methyl sites for hydroxylation is 1. The summed E-state index contributed by atoms with van der Waals surface area (Å²) < 4.78 is 15.1. The van der Waals surface area contributed by atoms with Crippen LogP contribution in [0.1, 0.15) is 45.9 Å². The molecule has 29 heavy (non-hydrogen) atoms. The van der Waals surface area contributed by atoms with Crippen LogP contribution in [0, 0.1) is 5.82 Å². The molecule has 3 rings (SSSR count). The molecule has 2 aromatic heterocycles. The number of benzene rings is 1. The zero-order valence-electron chi connectivity index (χ0n) is 16.0. The van der Waals surface area contributed by atoms with Crippen LogP contribution in [0.15, 0.2) is 36.4 Å². The Morgan fingerprint density at radius 2 is 1.79 bits per heavy atom. The van der Waals surface area contributed by atoms with Crippen LogP contribution in [-0.2, 0) is 32.7 Å². The molecule has 0 amide bonds. The predicted octanol–water partition coefficient (Wildman–Crippen LogP) is 1.90. The quantitative estimate of drug-likeness (QED) is 0.504. The number of aromatic nitrogens is 4. The van der Waals surface area contributed by atoms with Gasteiger partial charge in [-0.15, -0.1) is 10.2 Å². The van der Waals surface area contributed by atoms with Crippen molar-refractivity contribution in [1.29, 1.82) is 0 Å². The highest BCUT2D eigenvalue weighted by molar-refractivity contribution is 5.87. The molecule has 1 aromatic carbocycles. The summed E-state index contributed by atoms with van der Waals surface area (Å²) in [5.41, 5.74) is 1.82. The Morgan fingerprint density at radius 3 is 2.45 bits per heavy atom. The largest absolute Gasteiger partial charge is 0.478 e. The third-order valence-electron chi connectivity index (χ3n) is 4.40. The molecule has 8 nitrogen and oxygen atoms in total. The van der Waals surface area contributed by atoms with Crippen LogP contribution in [0.3, 0.4) is 0 Å². The minimum Gasteiger partial charge on any atom is -0.478 e. The number of halogens is 1. The number of aliphatic hydroxyl groups is 1. The van der Waals surface area contributed by atoms with E-state index in [1.165, 1.54) is 24.3 Å². The van der Waals surface area contributed by atoms with E-state index in [0.717, 1.165) is 11.4 Å². The highest BCUT2D eigenvalue weighted by Gasteiger charge is 2.12. The van der Waals surface area contributed by atoms with Crippen molar-refractivity contribution in [3.05, 3.63) is 76.4 Å². The highest BCUT2D eigenvalue weighted by Crippen LogP contribution is 2.11. The summed E-state index contributed by atoms with van der Waals surface area (Å²) in [7, 11) is 0. The van der Waals surface area contributed by atoms with E-state index in [-0.39, 0.29) is 18.0 Å². The van der Waals surface area contributed by atoms with E-state index < -0.39 is 5.97 Å². The third-order valence-corrected chi connectivity index (χ3v) is 4.40. The van der Waals surface area contributed by atoms with E-state index in [0.29, 0.717) is 43.3 Å². The van der Waals surface area contributed by atoms with Gasteiger partial charge in [-0.05, 0) is 29.8 Å². The lowest BCUT2D eigenvalue weighted by Gasteiger charge is -2.11. The van der Waals surface area contributed by atoms with Gasteiger partial charge in [0, 0.05) is 13.0 Å². The molecule has 0 aliphatic rings. The summed E-state index contributed by atoms with van der Waals surface area (Å²) in [6.07, 6.45) is 0.705. The number of aromatic carboxylic acids is 1. The van der Waals surface area contributed by atoms with Crippen LogP contribution in [0.4, 0.5) is 4.39 Å². The number of carboxylic acid groups (broad SMARTS) is 1. The summed E-state index contributed by atoms with van der Waals surface area (Å²) in [5, 5.41) is 30.1. The van der Waals surface area contributed by atoms with Crippen LogP contribution in [0.5, 0.6) is 0 Å². The Hall–Kier alpha value is -3.17. The summed E-state index contributed by atoms with van der Waals surface area (Å²) in [4.78, 5) is 15.4. The summed E-state index contributed by atoms with van der Waals surface area (Å²) >= 11 is 0. The molecule has 0 aliphatic carbocycles. The van der Waals surface area contributed by atoms with Gasteiger partial charge in [-0.2, -0.15) is 0 Å². The van der Waals surface area contributed by atoms with Crippen LogP contribution < -0.4 is 5.32 Å². The summed E-state index contributed by atoms with van der Waals surface area (Å²) in [5.74, 6) is 0.172. The van der Waals surface area contributed by atoms with Crippen molar-refractivity contribution in [3.8, 4) is 0 Å². The number of rotatable bonds is 9. The highest BCUT2D eigenvalue weighted by atomic mass is 19.1. The Labute approximate surface area is 167 Å². The molecular weight excluding hydrogens is 377 g/mol. The maximum absolute atomic E-state index is 13.2. The molecule has 3 N–H and O–H groups in total. The summed E-state index contributed by atoms with van der Waals surface area (Å²) in [6.45, 7) is 2.87. The van der Waals surface area contributed by atoms with Crippen molar-refractivity contribution in [1.82, 2.24) is 25.1 Å². The van der Waals surface area contributed by atoms with E-state index in [1.54, 1.807) is 12.1 Å². The minimum atomic E-state index is -1.07. The Bertz CT molecular complexity index is 988. The number of nitrogens with one attached hydrogen (secondary N) is 1. The van der Waals surface area contributed by atoms with Gasteiger partial charge in [0.1, 0.15) is 17.5 Å². The standard InChI is InChI=1S/C20H22FN5O3/c1-2-18-24-25-19(26(18)11-13-3-5-15(21)6-4-13)10-22-9-16-7-14(20(28)29)8-17(12-27)23-16/h3-8,22,27H,2,9-12H2,1H3,(H,28,29). The van der Waals surface area contributed by atoms with E-state index in [4.69, 9.17) is 0 Å². The molecule has 0 saturated carbocycles. The molecule has 0 radical (unpaired) electrons. The van der Waals surface area contributed by atoms with Gasteiger partial charge in [0.2, 0.25) is 0 Å². The van der Waals surface area contributed by atoms with Gasteiger partial charge in [0.15, 0.2) is 0 Å². The molecule has 0 fully saturated rings. The number of hydrogen-bond donors (Lipinski definition) is 3. The minimum absolute atomic E-state index is 0.0774. The molecule has 152 valence electrons. The zero-order valence-corrected chi connectivity index (χ0v) is 16.0. The van der Waals surface area contributed by atoms with Crippen LogP contribution in [0.25, 0.3) is 0 Å². The number of carboxylic acids is 1. The molecule has 9 heteroatoms. The molecule has 0 atom stereocenters. The Morgan fingerprint density at radius 1 is 1.10 bits per heavy atom. The molecule has 0 saturated heterocycles. The molecule has 2 heterocycles. The van der Waals surface area contributed by atoms with Gasteiger partial charge in [-0.25, -0.2) is 9.18 Å². The van der Waals surface area contributed by atoms with Crippen molar-refractivity contribution in [2.75, 3.05) is 0 Å². The Kier molecular flexibility index (Phi) is 6.63. The molecule has 0 bridgehead atoms. The lowest BCUT2D eigenvalue weighted by Crippen LogP contribution is -2.19. The normalized spacial score (nSPS) is 11.0. The van der Waals surface area contributed by atoms with E-state index >= 15 is 0 Å². The average Bonchev–Trinajstić information content (AvgIpc) is 3.11. The molecule has 0 unspecified atom stereocenters. The van der Waals surface area contributed by atoms with Crippen molar-refractivity contribution in [3.63, 3.8) is 0 Å². The zero-order chi connectivity index (χ0) is 20.8. The first kappa shape index (κ1) is 20.6. The van der Waals surface area contributed by atoms with Crippen molar-refractivity contribution in [2.24, 2.45) is 0 Å². The average molecular weight is 399 g/mol. The maximum Gasteiger partial charge on any atom is 0.335 e. The van der Waals surface area contributed by atoms with Gasteiger partial charge in [0.25, 0.3) is 0 Å². The second-order valence-electron chi connectivity index (χ2n) is 6.50. The lowest BCUT2D eigenvalue weighted by molar-refractivity contribution is 0.0696. The van der Waals surface area contributed by atoms with E-state index in [1.807, 2.05) is 11.5 Å². The van der Waals surface area contributed by atoms with Crippen LogP contribution >= 0.6 is 0 Å². The van der Waals surface area contributed by atoms with Crippen LogP contribution in [-0.4, -0.2) is 35.9 Å². The third kappa shape index (κ3) is 5.21. The Balaban J connectivity index is 1.71. The van der Waals surface area contributed by atoms with Crippen molar-refractivity contribution in [2.45, 2.75) is 39.6 Å². The van der Waals surface area contributed by atoms with E-state index in [2.05, 4.69) is 20.5 Å². The first-order valence-corrected chi connectivity index (χ1v) is 9.20. The number of carbonyl (C=O) groups is 1. The number of hydrogen-bond acceptors (Lipinski definition) is 6. The fourth-order valence-corrected chi connectivity index (χ4v) is 2.97. The summed E-state index contributed by atoms with van der Waals surface area (Å²) in [6, 6.07) is 9.10.